The number of nitrogens with zero attached hydrogens (tertiary/aromatic N) is 2. The molecule has 35 heavy (non-hydrogen) atoms. The van der Waals surface area contributed by atoms with Gasteiger partial charge in [0.05, 0.1) is 12.7 Å². The van der Waals surface area contributed by atoms with E-state index in [4.69, 9.17) is 4.74 Å². The van der Waals surface area contributed by atoms with Gasteiger partial charge in [0.15, 0.2) is 0 Å². The summed E-state index contributed by atoms with van der Waals surface area (Å²) in [6.45, 7) is 5.58. The van der Waals surface area contributed by atoms with Crippen LogP contribution in [0.1, 0.15) is 25.0 Å². The summed E-state index contributed by atoms with van der Waals surface area (Å²) >= 11 is 0. The molecule has 0 unspecified atom stereocenters. The minimum Gasteiger partial charge on any atom is -0.491 e. The number of aliphatic hydroxyl groups is 1. The summed E-state index contributed by atoms with van der Waals surface area (Å²) in [6.07, 6.45) is 1.07. The smallest absolute Gasteiger partial charge is 0.318 e. The maximum Gasteiger partial charge on any atom is 0.318 e. The Kier molecular flexibility index (Phi) is 12.1. The molecular weight excluding hydrogens is 444 g/mol. The molecule has 3 N–H and O–H groups in total. The van der Waals surface area contributed by atoms with E-state index in [1.54, 1.807) is 4.90 Å². The molecule has 0 aromatic heterocycles. The van der Waals surface area contributed by atoms with Crippen LogP contribution in [0.3, 0.4) is 0 Å². The summed E-state index contributed by atoms with van der Waals surface area (Å²) in [6, 6.07) is 16.3. The molecule has 3 amide bonds. The van der Waals surface area contributed by atoms with Crippen LogP contribution in [0, 0.1) is 0 Å². The highest BCUT2D eigenvalue weighted by molar-refractivity contribution is 5.87. The van der Waals surface area contributed by atoms with Crippen molar-refractivity contribution in [1.29, 1.82) is 0 Å². The number of amides is 3. The van der Waals surface area contributed by atoms with Gasteiger partial charge in [-0.1, -0.05) is 42.5 Å². The Bertz CT molecular complexity index is 888. The van der Waals surface area contributed by atoms with Crippen LogP contribution in [0.5, 0.6) is 5.75 Å². The lowest BCUT2D eigenvalue weighted by molar-refractivity contribution is -0.123. The van der Waals surface area contributed by atoms with Crippen LogP contribution < -0.4 is 15.4 Å². The Morgan fingerprint density at radius 1 is 0.943 bits per heavy atom. The molecule has 2 aromatic rings. The fourth-order valence-corrected chi connectivity index (χ4v) is 3.53. The zero-order valence-corrected chi connectivity index (χ0v) is 21.4. The van der Waals surface area contributed by atoms with Gasteiger partial charge in [0.1, 0.15) is 11.8 Å². The Balaban J connectivity index is 2.09. The van der Waals surface area contributed by atoms with Crippen LogP contribution in [-0.2, 0) is 17.6 Å². The van der Waals surface area contributed by atoms with Crippen molar-refractivity contribution in [2.75, 3.05) is 46.9 Å². The summed E-state index contributed by atoms with van der Waals surface area (Å²) in [5.74, 6) is 0.518. The van der Waals surface area contributed by atoms with Gasteiger partial charge in [0.2, 0.25) is 5.91 Å². The van der Waals surface area contributed by atoms with E-state index >= 15 is 0 Å². The quantitative estimate of drug-likeness (QED) is 0.383. The summed E-state index contributed by atoms with van der Waals surface area (Å²) in [5.41, 5.74) is 2.01. The summed E-state index contributed by atoms with van der Waals surface area (Å²) in [5, 5.41) is 15.3. The summed E-state index contributed by atoms with van der Waals surface area (Å²) in [7, 11) is 3.87. The fraction of sp³-hybridized carbons (Fsp3) is 0.481. The molecule has 0 heterocycles. The SMILES string of the molecule is CC(C)Oc1ccc(C[C@H](NC(=O)N(CCO)CCc2ccccc2)C(=O)NCCN(C)C)cc1. The van der Waals surface area contributed by atoms with E-state index in [1.807, 2.05) is 87.4 Å². The zero-order chi connectivity index (χ0) is 25.6. The number of ether oxygens (including phenoxy) is 1. The Hall–Kier alpha value is -3.10. The lowest BCUT2D eigenvalue weighted by Gasteiger charge is -2.26. The zero-order valence-electron chi connectivity index (χ0n) is 21.4. The van der Waals surface area contributed by atoms with Crippen molar-refractivity contribution in [2.45, 2.75) is 38.8 Å². The highest BCUT2D eigenvalue weighted by Crippen LogP contribution is 2.15. The van der Waals surface area contributed by atoms with Gasteiger partial charge < -0.3 is 30.3 Å². The first-order valence-corrected chi connectivity index (χ1v) is 12.2. The molecular formula is C27H40N4O4. The first-order chi connectivity index (χ1) is 16.8. The first-order valence-electron chi connectivity index (χ1n) is 12.2. The summed E-state index contributed by atoms with van der Waals surface area (Å²) < 4.78 is 5.70. The second kappa shape index (κ2) is 15.0. The molecule has 2 rings (SSSR count). The number of aliphatic hydroxyl groups excluding tert-OH is 1. The number of hydrogen-bond donors (Lipinski definition) is 3. The lowest BCUT2D eigenvalue weighted by Crippen LogP contribution is -2.53. The van der Waals surface area contributed by atoms with Crippen molar-refractivity contribution in [3.8, 4) is 5.75 Å². The molecule has 0 bridgehead atoms. The summed E-state index contributed by atoms with van der Waals surface area (Å²) in [4.78, 5) is 29.6. The average molecular weight is 485 g/mol. The molecule has 8 heteroatoms. The molecule has 0 saturated carbocycles. The number of hydrogen-bond acceptors (Lipinski definition) is 5. The number of benzene rings is 2. The minimum atomic E-state index is -0.751. The number of rotatable bonds is 14. The lowest BCUT2D eigenvalue weighted by atomic mass is 10.0. The van der Waals surface area contributed by atoms with Crippen LogP contribution >= 0.6 is 0 Å². The first kappa shape index (κ1) is 28.1. The fourth-order valence-electron chi connectivity index (χ4n) is 3.53. The van der Waals surface area contributed by atoms with E-state index in [0.29, 0.717) is 32.5 Å². The molecule has 0 saturated heterocycles. The molecule has 0 aliphatic carbocycles. The van der Waals surface area contributed by atoms with Crippen molar-refractivity contribution in [1.82, 2.24) is 20.4 Å². The van der Waals surface area contributed by atoms with Gasteiger partial charge in [-0.2, -0.15) is 0 Å². The van der Waals surface area contributed by atoms with Gasteiger partial charge in [-0.05, 0) is 57.6 Å². The van der Waals surface area contributed by atoms with Gasteiger partial charge in [0, 0.05) is 32.6 Å². The molecule has 0 radical (unpaired) electrons. The third-order valence-corrected chi connectivity index (χ3v) is 5.38. The average Bonchev–Trinajstić information content (AvgIpc) is 2.82. The molecule has 192 valence electrons. The predicted molar refractivity (Wildman–Crippen MR) is 139 cm³/mol. The third-order valence-electron chi connectivity index (χ3n) is 5.38. The van der Waals surface area contributed by atoms with Gasteiger partial charge in [-0.3, -0.25) is 4.79 Å². The number of carbonyl (C=O) groups excluding carboxylic acids is 2. The maximum atomic E-state index is 13.1. The minimum absolute atomic E-state index is 0.0729. The van der Waals surface area contributed by atoms with E-state index in [1.165, 1.54) is 0 Å². The highest BCUT2D eigenvalue weighted by atomic mass is 16.5. The Morgan fingerprint density at radius 3 is 2.23 bits per heavy atom. The third kappa shape index (κ3) is 10.8. The van der Waals surface area contributed by atoms with Gasteiger partial charge in [0.25, 0.3) is 0 Å². The number of carbonyl (C=O) groups is 2. The number of nitrogens with one attached hydrogen (secondary N) is 2. The van der Waals surface area contributed by atoms with Crippen LogP contribution in [0.4, 0.5) is 4.79 Å². The van der Waals surface area contributed by atoms with Crippen molar-refractivity contribution >= 4 is 11.9 Å². The Labute approximate surface area is 209 Å². The predicted octanol–water partition coefficient (Wildman–Crippen LogP) is 2.31. The maximum absolute atomic E-state index is 13.1. The molecule has 0 spiro atoms. The van der Waals surface area contributed by atoms with Crippen molar-refractivity contribution in [3.63, 3.8) is 0 Å². The second-order valence-corrected chi connectivity index (χ2v) is 9.06. The van der Waals surface area contributed by atoms with Gasteiger partial charge in [-0.25, -0.2) is 4.79 Å². The standard InChI is InChI=1S/C27H40N4O4/c1-21(2)35-24-12-10-23(11-13-24)20-25(26(33)28-15-17-30(3)4)29-27(34)31(18-19-32)16-14-22-8-6-5-7-9-22/h5-13,21,25,32H,14-20H2,1-4H3,(H,28,33)(H,29,34)/t25-/m0/s1. The van der Waals surface area contributed by atoms with Crippen LogP contribution in [0.2, 0.25) is 0 Å². The van der Waals surface area contributed by atoms with E-state index in [-0.39, 0.29) is 31.2 Å². The molecule has 2 aromatic carbocycles. The highest BCUT2D eigenvalue weighted by Gasteiger charge is 2.24. The van der Waals surface area contributed by atoms with Crippen LogP contribution in [0.25, 0.3) is 0 Å². The largest absolute Gasteiger partial charge is 0.491 e. The second-order valence-electron chi connectivity index (χ2n) is 9.06. The van der Waals surface area contributed by atoms with Crippen LogP contribution in [-0.4, -0.2) is 85.9 Å². The van der Waals surface area contributed by atoms with Crippen LogP contribution in [0.15, 0.2) is 54.6 Å². The van der Waals surface area contributed by atoms with Crippen molar-refractivity contribution in [2.24, 2.45) is 0 Å². The van der Waals surface area contributed by atoms with E-state index in [9.17, 15) is 14.7 Å². The number of likely N-dealkylation sites (N-methyl/N-ethyl adjacent to an activating group) is 1. The van der Waals surface area contributed by atoms with Crippen molar-refractivity contribution in [3.05, 3.63) is 65.7 Å². The van der Waals surface area contributed by atoms with E-state index < -0.39 is 6.04 Å². The normalized spacial score (nSPS) is 11.9. The molecule has 1 atom stereocenters. The van der Waals surface area contributed by atoms with Gasteiger partial charge in [-0.15, -0.1) is 0 Å². The molecule has 0 fully saturated rings. The molecule has 0 aliphatic rings. The van der Waals surface area contributed by atoms with E-state index in [2.05, 4.69) is 10.6 Å². The molecule has 8 nitrogen and oxygen atoms in total. The number of urea groups is 1. The van der Waals surface area contributed by atoms with Crippen molar-refractivity contribution < 1.29 is 19.4 Å². The topological polar surface area (TPSA) is 94.1 Å². The monoisotopic (exact) mass is 484 g/mol. The Morgan fingerprint density at radius 2 is 1.63 bits per heavy atom. The van der Waals surface area contributed by atoms with E-state index in [0.717, 1.165) is 16.9 Å². The van der Waals surface area contributed by atoms with Gasteiger partial charge >= 0.3 is 6.03 Å². The molecule has 0 aliphatic heterocycles.